The van der Waals surface area contributed by atoms with Crippen LogP contribution in [0.1, 0.15) is 35.6 Å². The molecule has 0 fully saturated rings. The fraction of sp³-hybridized carbons (Fsp3) is 0.200. The van der Waals surface area contributed by atoms with Gasteiger partial charge in [-0.3, -0.25) is 20.0 Å². The van der Waals surface area contributed by atoms with E-state index in [1.165, 1.54) is 12.1 Å². The van der Waals surface area contributed by atoms with Gasteiger partial charge in [0.15, 0.2) is 11.6 Å². The number of aromatic nitrogens is 2. The van der Waals surface area contributed by atoms with E-state index in [-0.39, 0.29) is 17.4 Å². The van der Waals surface area contributed by atoms with Gasteiger partial charge < -0.3 is 5.32 Å². The first-order chi connectivity index (χ1) is 13.6. The van der Waals surface area contributed by atoms with Crippen molar-refractivity contribution in [2.75, 3.05) is 5.32 Å². The molecule has 8 heteroatoms. The van der Waals surface area contributed by atoms with Crippen LogP contribution in [-0.4, -0.2) is 20.9 Å². The van der Waals surface area contributed by atoms with Crippen LogP contribution in [0.5, 0.6) is 0 Å². The lowest BCUT2D eigenvalue weighted by Gasteiger charge is -2.31. The number of nitrogens with one attached hydrogen (secondary N) is 2. The number of rotatable bonds is 3. The van der Waals surface area contributed by atoms with E-state index in [1.807, 2.05) is 17.5 Å². The molecule has 1 aromatic carbocycles. The van der Waals surface area contributed by atoms with Crippen molar-refractivity contribution in [1.82, 2.24) is 10.2 Å². The van der Waals surface area contributed by atoms with Crippen LogP contribution in [0.15, 0.2) is 53.0 Å². The molecule has 3 aromatic rings. The van der Waals surface area contributed by atoms with Crippen LogP contribution in [0, 0.1) is 10.1 Å². The summed E-state index contributed by atoms with van der Waals surface area (Å²) in [6.07, 6.45) is 2.24. The maximum atomic E-state index is 12.8. The molecule has 7 nitrogen and oxygen atoms in total. The van der Waals surface area contributed by atoms with Crippen LogP contribution >= 0.6 is 11.3 Å². The number of Topliss-reactive ketones (excluding diaryl/α,β-unsaturated/α-hetero) is 1. The van der Waals surface area contributed by atoms with E-state index >= 15 is 0 Å². The third-order valence-corrected chi connectivity index (χ3v) is 6.24. The van der Waals surface area contributed by atoms with Gasteiger partial charge in [-0.05, 0) is 36.4 Å². The number of aromatic amines is 1. The number of nitro benzene ring substituents is 1. The van der Waals surface area contributed by atoms with Crippen molar-refractivity contribution in [2.24, 2.45) is 0 Å². The second-order valence-corrected chi connectivity index (χ2v) is 7.89. The van der Waals surface area contributed by atoms with Gasteiger partial charge in [0.05, 0.1) is 16.5 Å². The van der Waals surface area contributed by atoms with Gasteiger partial charge in [-0.1, -0.05) is 6.07 Å². The molecular formula is C20H16N4O3S. The maximum Gasteiger partial charge on any atom is 0.269 e. The molecule has 2 aliphatic rings. The van der Waals surface area contributed by atoms with Crippen LogP contribution < -0.4 is 5.32 Å². The van der Waals surface area contributed by atoms with Gasteiger partial charge >= 0.3 is 0 Å². The number of hydrogen-bond donors (Lipinski definition) is 2. The molecule has 3 heterocycles. The highest BCUT2D eigenvalue weighted by Gasteiger charge is 2.38. The number of allylic oxidation sites excluding steroid dienone is 2. The Morgan fingerprint density at radius 2 is 2.00 bits per heavy atom. The van der Waals surface area contributed by atoms with E-state index in [0.717, 1.165) is 51.6 Å². The number of fused-ring (bicyclic) bond motifs is 1. The molecule has 5 rings (SSSR count). The number of hydrogen-bond acceptors (Lipinski definition) is 6. The van der Waals surface area contributed by atoms with E-state index in [4.69, 9.17) is 0 Å². The smallest absolute Gasteiger partial charge is 0.269 e. The van der Waals surface area contributed by atoms with Crippen molar-refractivity contribution < 1.29 is 9.72 Å². The molecule has 1 atom stereocenters. The first-order valence-electron chi connectivity index (χ1n) is 9.03. The second kappa shape index (κ2) is 6.42. The summed E-state index contributed by atoms with van der Waals surface area (Å²) in [5, 5.41) is 23.9. The highest BCUT2D eigenvalue weighted by Crippen LogP contribution is 2.49. The second-order valence-electron chi connectivity index (χ2n) is 6.91. The van der Waals surface area contributed by atoms with E-state index in [2.05, 4.69) is 15.5 Å². The average molecular weight is 392 g/mol. The summed E-state index contributed by atoms with van der Waals surface area (Å²) in [6.45, 7) is 0. The van der Waals surface area contributed by atoms with Gasteiger partial charge in [0.1, 0.15) is 0 Å². The zero-order valence-electron chi connectivity index (χ0n) is 14.8. The number of carbonyl (C=O) groups excluding carboxylic acids is 1. The van der Waals surface area contributed by atoms with Crippen molar-refractivity contribution in [2.45, 2.75) is 25.2 Å². The quantitative estimate of drug-likeness (QED) is 0.501. The van der Waals surface area contributed by atoms with Crippen LogP contribution in [0.4, 0.5) is 11.5 Å². The van der Waals surface area contributed by atoms with Crippen LogP contribution in [0.25, 0.3) is 11.3 Å². The van der Waals surface area contributed by atoms with E-state index in [0.29, 0.717) is 6.42 Å². The lowest BCUT2D eigenvalue weighted by Crippen LogP contribution is -2.26. The molecule has 0 spiro atoms. The largest absolute Gasteiger partial charge is 0.342 e. The predicted octanol–water partition coefficient (Wildman–Crippen LogP) is 4.61. The molecule has 2 N–H and O–H groups in total. The zero-order chi connectivity index (χ0) is 19.3. The molecule has 28 heavy (non-hydrogen) atoms. The minimum atomic E-state index is -0.417. The molecule has 0 radical (unpaired) electrons. The van der Waals surface area contributed by atoms with Crippen molar-refractivity contribution in [3.05, 3.63) is 73.6 Å². The molecule has 1 aliphatic heterocycles. The summed E-state index contributed by atoms with van der Waals surface area (Å²) < 4.78 is 0. The Balaban J connectivity index is 1.68. The molecule has 140 valence electrons. The molecular weight excluding hydrogens is 376 g/mol. The van der Waals surface area contributed by atoms with Crippen LogP contribution in [0.2, 0.25) is 0 Å². The fourth-order valence-electron chi connectivity index (χ4n) is 4.05. The number of nitrogens with zero attached hydrogens (tertiary/aromatic N) is 2. The average Bonchev–Trinajstić information content (AvgIpc) is 3.37. The van der Waals surface area contributed by atoms with Gasteiger partial charge in [0.25, 0.3) is 5.69 Å². The van der Waals surface area contributed by atoms with E-state index in [9.17, 15) is 14.9 Å². The van der Waals surface area contributed by atoms with Crippen molar-refractivity contribution >= 4 is 28.6 Å². The van der Waals surface area contributed by atoms with Crippen molar-refractivity contribution in [3.8, 4) is 11.3 Å². The molecule has 0 bridgehead atoms. The van der Waals surface area contributed by atoms with Crippen LogP contribution in [-0.2, 0) is 4.79 Å². The van der Waals surface area contributed by atoms with Gasteiger partial charge in [0, 0.05) is 45.8 Å². The lowest BCUT2D eigenvalue weighted by atomic mass is 9.78. The standard InChI is InChI=1S/C20H16N4O3S/c25-14-4-1-3-13-16(14)17(15-5-2-10-28-15)18-19(22-23-20(18)21-13)11-6-8-12(9-7-11)24(26)27/h2,5-10,17H,1,3-4H2,(H2,21,22,23)/t17-/m1/s1. The number of carbonyl (C=O) groups is 1. The summed E-state index contributed by atoms with van der Waals surface area (Å²) in [6, 6.07) is 10.4. The van der Waals surface area contributed by atoms with E-state index in [1.54, 1.807) is 23.5 Å². The number of nitro groups is 1. The molecule has 0 saturated heterocycles. The molecule has 2 aromatic heterocycles. The highest BCUT2D eigenvalue weighted by atomic mass is 32.1. The number of anilines is 1. The fourth-order valence-corrected chi connectivity index (χ4v) is 4.90. The Bertz CT molecular complexity index is 1110. The monoisotopic (exact) mass is 392 g/mol. The Kier molecular flexibility index (Phi) is 3.87. The molecule has 0 amide bonds. The van der Waals surface area contributed by atoms with Gasteiger partial charge in [0.2, 0.25) is 0 Å². The number of benzene rings is 1. The Morgan fingerprint density at radius 3 is 2.71 bits per heavy atom. The van der Waals surface area contributed by atoms with Gasteiger partial charge in [-0.15, -0.1) is 11.3 Å². The summed E-state index contributed by atoms with van der Waals surface area (Å²) in [4.78, 5) is 24.5. The zero-order valence-corrected chi connectivity index (χ0v) is 15.6. The first-order valence-corrected chi connectivity index (χ1v) is 9.91. The Hall–Kier alpha value is -3.26. The Morgan fingerprint density at radius 1 is 1.18 bits per heavy atom. The number of ketones is 1. The summed E-state index contributed by atoms with van der Waals surface area (Å²) >= 11 is 1.62. The third kappa shape index (κ3) is 2.56. The highest BCUT2D eigenvalue weighted by molar-refractivity contribution is 7.10. The maximum absolute atomic E-state index is 12.8. The minimum absolute atomic E-state index is 0.0394. The van der Waals surface area contributed by atoms with Crippen molar-refractivity contribution in [3.63, 3.8) is 0 Å². The first kappa shape index (κ1) is 16.9. The minimum Gasteiger partial charge on any atom is -0.342 e. The summed E-state index contributed by atoms with van der Waals surface area (Å²) in [7, 11) is 0. The van der Waals surface area contributed by atoms with Gasteiger partial charge in [-0.2, -0.15) is 5.10 Å². The Labute approximate surface area is 164 Å². The molecule has 0 saturated carbocycles. The number of non-ortho nitro benzene ring substituents is 1. The predicted molar refractivity (Wildman–Crippen MR) is 106 cm³/mol. The topological polar surface area (TPSA) is 101 Å². The van der Waals surface area contributed by atoms with Crippen LogP contribution in [0.3, 0.4) is 0 Å². The van der Waals surface area contributed by atoms with E-state index < -0.39 is 4.92 Å². The molecule has 0 unspecified atom stereocenters. The molecule has 1 aliphatic carbocycles. The summed E-state index contributed by atoms with van der Waals surface area (Å²) in [5.41, 5.74) is 4.33. The summed E-state index contributed by atoms with van der Waals surface area (Å²) in [5.74, 6) is 0.719. The normalized spacial score (nSPS) is 18.4. The lowest BCUT2D eigenvalue weighted by molar-refractivity contribution is -0.384. The third-order valence-electron chi connectivity index (χ3n) is 5.30. The van der Waals surface area contributed by atoms with Crippen molar-refractivity contribution in [1.29, 1.82) is 0 Å². The number of H-pyrrole nitrogens is 1. The number of thiophene rings is 1. The SMILES string of the molecule is O=C1CCCC2=C1[C@@H](c1cccs1)c1c(n[nH]c1-c1ccc([N+](=O)[O-])cc1)N2. The van der Waals surface area contributed by atoms with Gasteiger partial charge in [-0.25, -0.2) is 0 Å².